The zero-order valence-electron chi connectivity index (χ0n) is 75.8. The fraction of sp³-hybridized carbons (Fsp3) is 0.937. The van der Waals surface area contributed by atoms with Gasteiger partial charge in [0.15, 0.2) is 12.6 Å². The van der Waals surface area contributed by atoms with Gasteiger partial charge in [-0.05, 0) is 57.8 Å². The number of carbonyl (C=O) groups excluding carboxylic acids is 6. The first-order valence-corrected chi connectivity index (χ1v) is 50.8. The van der Waals surface area contributed by atoms with Gasteiger partial charge in [-0.15, -0.1) is 0 Å². The van der Waals surface area contributed by atoms with Crippen LogP contribution in [-0.2, 0) is 66.3 Å². The van der Waals surface area contributed by atoms with Crippen molar-refractivity contribution in [1.82, 2.24) is 10.6 Å². The Morgan fingerprint density at radius 2 is 0.636 bits per heavy atom. The van der Waals surface area contributed by atoms with Gasteiger partial charge in [0.1, 0.15) is 60.7 Å². The highest BCUT2D eigenvalue weighted by Gasteiger charge is 2.52. The van der Waals surface area contributed by atoms with Gasteiger partial charge in [0.25, 0.3) is 0 Å². The van der Waals surface area contributed by atoms with Crippen molar-refractivity contribution in [1.29, 1.82) is 0 Å². The molecule has 0 spiro atoms. The smallest absolute Gasteiger partial charge is 0.462 e. The maximum absolute atomic E-state index is 15.0. The minimum Gasteiger partial charge on any atom is -0.462 e. The molecule has 2 aliphatic rings. The van der Waals surface area contributed by atoms with E-state index in [0.717, 1.165) is 173 Å². The number of ketones is 1. The van der Waals surface area contributed by atoms with E-state index in [-0.39, 0.29) is 38.5 Å². The van der Waals surface area contributed by atoms with Gasteiger partial charge in [-0.25, -0.2) is 4.57 Å². The summed E-state index contributed by atoms with van der Waals surface area (Å²) < 4.78 is 55.6. The third-order valence-corrected chi connectivity index (χ3v) is 24.6. The third kappa shape index (κ3) is 58.9. The van der Waals surface area contributed by atoms with Crippen LogP contribution in [0.4, 0.5) is 0 Å². The van der Waals surface area contributed by atoms with Crippen molar-refractivity contribution in [2.24, 2.45) is 5.92 Å². The monoisotopic (exact) mass is 1700 g/mol. The average Bonchev–Trinajstić information content (AvgIpc) is 0.781. The van der Waals surface area contributed by atoms with Crippen LogP contribution in [0, 0.1) is 5.92 Å². The second kappa shape index (κ2) is 75.2. The molecule has 8 N–H and O–H groups in total. The van der Waals surface area contributed by atoms with E-state index in [1.165, 1.54) is 161 Å². The van der Waals surface area contributed by atoms with E-state index < -0.39 is 142 Å². The molecule has 0 aromatic carbocycles. The van der Waals surface area contributed by atoms with Crippen LogP contribution in [0.5, 0.6) is 0 Å². The molecule has 0 bridgehead atoms. The number of nitrogens with one attached hydrogen (secondary N) is 2. The van der Waals surface area contributed by atoms with Gasteiger partial charge in [-0.1, -0.05) is 375 Å². The van der Waals surface area contributed by atoms with Crippen LogP contribution in [0.15, 0.2) is 0 Å². The van der Waals surface area contributed by atoms with Crippen LogP contribution in [0.2, 0.25) is 0 Å². The van der Waals surface area contributed by atoms with Gasteiger partial charge in [0, 0.05) is 38.0 Å². The molecule has 23 heteroatoms. The highest BCUT2D eigenvalue weighted by Crippen LogP contribution is 2.45. The fourth-order valence-corrected chi connectivity index (χ4v) is 17.4. The number of phosphoric acid groups is 1. The Bertz CT molecular complexity index is 2480. The Kier molecular flexibility index (Phi) is 70.7. The lowest BCUT2D eigenvalue weighted by Gasteiger charge is -2.47. The summed E-state index contributed by atoms with van der Waals surface area (Å²) in [5.74, 6) is -4.62. The quantitative estimate of drug-likeness (QED) is 0.0121. The van der Waals surface area contributed by atoms with Crippen molar-refractivity contribution in [3.8, 4) is 0 Å². The van der Waals surface area contributed by atoms with E-state index in [0.29, 0.717) is 57.8 Å². The molecule has 2 amide bonds. The van der Waals surface area contributed by atoms with Crippen LogP contribution in [0.3, 0.4) is 0 Å². The van der Waals surface area contributed by atoms with Gasteiger partial charge in [-0.2, -0.15) is 0 Å². The first-order valence-electron chi connectivity index (χ1n) is 49.2. The summed E-state index contributed by atoms with van der Waals surface area (Å²) in [5.41, 5.74) is 0. The van der Waals surface area contributed by atoms with Gasteiger partial charge in [0.2, 0.25) is 11.8 Å². The molecule has 2 rings (SSSR count). The molecular weight excluding hydrogens is 1520 g/mol. The van der Waals surface area contributed by atoms with Gasteiger partial charge in [-0.3, -0.25) is 33.3 Å². The van der Waals surface area contributed by atoms with E-state index in [1.54, 1.807) is 0 Å². The van der Waals surface area contributed by atoms with Gasteiger partial charge in [0.05, 0.1) is 32.1 Å². The molecule has 118 heavy (non-hydrogen) atoms. The summed E-state index contributed by atoms with van der Waals surface area (Å²) in [6.45, 7) is 11.5. The molecule has 0 saturated carbocycles. The number of hydrogen-bond donors (Lipinski definition) is 8. The molecule has 0 radical (unpaired) electrons. The van der Waals surface area contributed by atoms with Crippen molar-refractivity contribution < 1.29 is 96.5 Å². The van der Waals surface area contributed by atoms with Crippen LogP contribution >= 0.6 is 7.82 Å². The van der Waals surface area contributed by atoms with Crippen molar-refractivity contribution in [2.45, 2.75) is 552 Å². The predicted molar refractivity (Wildman–Crippen MR) is 472 cm³/mol. The van der Waals surface area contributed by atoms with Crippen molar-refractivity contribution in [2.75, 3.05) is 13.2 Å². The molecule has 2 fully saturated rings. The zero-order valence-corrected chi connectivity index (χ0v) is 76.7. The molecule has 0 aromatic heterocycles. The number of ether oxygens (including phenoxy) is 6. The summed E-state index contributed by atoms with van der Waals surface area (Å²) in [7, 11) is -5.50. The van der Waals surface area contributed by atoms with E-state index in [1.807, 2.05) is 0 Å². The molecule has 2 saturated heterocycles. The van der Waals surface area contributed by atoms with Gasteiger partial charge >= 0.3 is 25.7 Å². The lowest BCUT2D eigenvalue weighted by Crippen LogP contribution is -2.65. The summed E-state index contributed by atoms with van der Waals surface area (Å²) in [6, 6.07) is -3.13. The van der Waals surface area contributed by atoms with Crippen molar-refractivity contribution in [3.05, 3.63) is 0 Å². The number of rotatable bonds is 83. The maximum atomic E-state index is 15.0. The Labute approximate surface area is 717 Å². The molecule has 22 nitrogen and oxygen atoms in total. The predicted octanol–water partition coefficient (Wildman–Crippen LogP) is 22.2. The van der Waals surface area contributed by atoms with Crippen LogP contribution in [0.25, 0.3) is 0 Å². The number of esters is 3. The largest absolute Gasteiger partial charge is 0.469 e. The summed E-state index contributed by atoms with van der Waals surface area (Å²) in [5, 5.41) is 52.0. The summed E-state index contributed by atoms with van der Waals surface area (Å²) in [6.07, 6.45) is 47.6. The number of Topliss-reactive ketones (excluding diaryl/α,β-unsaturated/α-hetero) is 1. The third-order valence-electron chi connectivity index (χ3n) is 24.1. The number of unbranched alkanes of at least 4 members (excludes halogenated alkanes) is 52. The average molecular weight is 1700 g/mol. The zero-order chi connectivity index (χ0) is 86.3. The minimum absolute atomic E-state index is 0.156. The fourth-order valence-electron chi connectivity index (χ4n) is 16.8. The molecule has 13 atom stereocenters. The number of aliphatic hydroxyl groups excluding tert-OH is 4. The Morgan fingerprint density at radius 3 is 0.932 bits per heavy atom. The summed E-state index contributed by atoms with van der Waals surface area (Å²) >= 11 is 0. The highest BCUT2D eigenvalue weighted by molar-refractivity contribution is 7.46. The van der Waals surface area contributed by atoms with Crippen molar-refractivity contribution in [3.63, 3.8) is 0 Å². The molecule has 0 aliphatic carbocycles. The number of aliphatic hydroxyl groups is 4. The minimum atomic E-state index is -5.50. The molecule has 2 aliphatic heterocycles. The number of hydrogen-bond acceptors (Lipinski definition) is 18. The van der Waals surface area contributed by atoms with Crippen molar-refractivity contribution >= 4 is 43.3 Å². The lowest BCUT2D eigenvalue weighted by molar-refractivity contribution is -0.292. The Morgan fingerprint density at radius 1 is 0.356 bits per heavy atom. The molecule has 4 unspecified atom stereocenters. The van der Waals surface area contributed by atoms with Crippen LogP contribution in [0.1, 0.15) is 478 Å². The van der Waals surface area contributed by atoms with E-state index in [2.05, 4.69) is 52.2 Å². The molecule has 0 aromatic rings. The topological polar surface area (TPSA) is 330 Å². The SMILES string of the molecule is CCCCCCCCCCCCCCCC(=O)O[C@H](CCCCCCCCCCC)CC(=O)NC1[C@H](O)OC(CO[C@@H]2OC(CO)[C@H](OP(=O)(O)O)[C@H](CC(=O)C[C@@H](CCCCCCCCC)OC(=O)CCCCCCCCCCCCC)C2NC(=O)C[C@@H](CCCCCCCCCCC)OC(=O)CCCCCCCCCCC)[C@H](O)[C@@H]1O. The normalized spacial score (nSPS) is 20.3. The van der Waals surface area contributed by atoms with Gasteiger partial charge < -0.3 is 69.3 Å². The first-order chi connectivity index (χ1) is 57.2. The van der Waals surface area contributed by atoms with E-state index in [9.17, 15) is 54.0 Å². The Hall–Kier alpha value is -3.15. The Balaban J connectivity index is 2.55. The second-order valence-corrected chi connectivity index (χ2v) is 36.4. The highest BCUT2D eigenvalue weighted by atomic mass is 31.2. The maximum Gasteiger partial charge on any atom is 0.469 e. The number of phosphoric ester groups is 1. The van der Waals surface area contributed by atoms with E-state index in [4.69, 9.17) is 32.9 Å². The second-order valence-electron chi connectivity index (χ2n) is 35.2. The standard InChI is InChI=1S/C95H179N2O20P/c1-7-13-19-25-31-36-38-39-41-46-52-58-64-70-88(104)114-80(67-61-55-49-43-34-28-22-16-10-4)74-85(101)97-90-92(106)91(105)83(115-94(90)107)76-111-95-89(96-84(100)73-79(66-60-54-48-42-33-27-21-15-9-3)113-87(103)69-63-56-50-44-35-29-23-17-11-5)81(93(82(75-98)116-95)117-118(108,109)110)72-77(99)71-78(65-59-53-47-30-24-18-12-6)112-86(102)68-62-57-51-45-40-37-32-26-20-14-8-2/h78-83,89-95,98,105-107H,7-76H2,1-6H3,(H,96,100)(H,97,101)(H2,108,109,110)/t78-,79-,80-,81-,82?,83?,89?,90?,91+,92-,93-,94-,95-/m1/s1. The van der Waals surface area contributed by atoms with Crippen LogP contribution in [-0.4, -0.2) is 152 Å². The molecule has 694 valence electrons. The first kappa shape index (κ1) is 111. The van der Waals surface area contributed by atoms with Crippen LogP contribution < -0.4 is 10.6 Å². The molecule has 2 heterocycles. The lowest BCUT2D eigenvalue weighted by atomic mass is 9.82. The molecular formula is C95H179N2O20P. The number of carbonyl (C=O) groups is 6. The number of amides is 2. The van der Waals surface area contributed by atoms with E-state index >= 15 is 9.59 Å². The summed E-state index contributed by atoms with van der Waals surface area (Å²) in [4.78, 5) is 106.